The zero-order valence-corrected chi connectivity index (χ0v) is 7.38. The molecule has 2 heteroatoms. The Bertz CT molecular complexity index is 230. The summed E-state index contributed by atoms with van der Waals surface area (Å²) >= 11 is 0. The Morgan fingerprint density at radius 2 is 2.42 bits per heavy atom. The predicted molar refractivity (Wildman–Crippen MR) is 45.5 cm³/mol. The number of carbonyl (C=O) groups excluding carboxylic acids is 1. The van der Waals surface area contributed by atoms with Crippen LogP contribution in [-0.2, 0) is 9.53 Å². The molecule has 2 aliphatic rings. The number of esters is 1. The van der Waals surface area contributed by atoms with Gasteiger partial charge in [0.1, 0.15) is 0 Å². The van der Waals surface area contributed by atoms with Crippen LogP contribution in [0.1, 0.15) is 25.7 Å². The van der Waals surface area contributed by atoms with Gasteiger partial charge in [-0.1, -0.05) is 12.5 Å². The van der Waals surface area contributed by atoms with Gasteiger partial charge in [0.2, 0.25) is 0 Å². The highest BCUT2D eigenvalue weighted by Crippen LogP contribution is 2.44. The summed E-state index contributed by atoms with van der Waals surface area (Å²) in [7, 11) is 1.46. The monoisotopic (exact) mass is 166 g/mol. The first-order chi connectivity index (χ1) is 5.83. The number of hydrogen-bond acceptors (Lipinski definition) is 2. The number of hydrogen-bond donors (Lipinski definition) is 0. The maximum Gasteiger partial charge on any atom is 0.333 e. The first-order valence-corrected chi connectivity index (χ1v) is 4.61. The number of fused-ring (bicyclic) bond motifs is 1. The highest BCUT2D eigenvalue weighted by Gasteiger charge is 2.36. The second-order valence-electron chi connectivity index (χ2n) is 3.68. The zero-order valence-electron chi connectivity index (χ0n) is 7.38. The summed E-state index contributed by atoms with van der Waals surface area (Å²) in [5.74, 6) is 1.17. The van der Waals surface area contributed by atoms with Crippen molar-refractivity contribution < 1.29 is 9.53 Å². The summed E-state index contributed by atoms with van der Waals surface area (Å²) in [6.45, 7) is 0. The van der Waals surface area contributed by atoms with Crippen molar-refractivity contribution in [2.75, 3.05) is 7.11 Å². The highest BCUT2D eigenvalue weighted by atomic mass is 16.5. The van der Waals surface area contributed by atoms with Gasteiger partial charge in [0.05, 0.1) is 7.11 Å². The molecule has 0 radical (unpaired) electrons. The molecule has 2 nitrogen and oxygen atoms in total. The Hall–Kier alpha value is -0.790. The first kappa shape index (κ1) is 7.84. The van der Waals surface area contributed by atoms with Crippen molar-refractivity contribution in [2.24, 2.45) is 11.8 Å². The van der Waals surface area contributed by atoms with Gasteiger partial charge in [-0.25, -0.2) is 4.79 Å². The summed E-state index contributed by atoms with van der Waals surface area (Å²) in [5.41, 5.74) is 0.944. The van der Waals surface area contributed by atoms with Crippen molar-refractivity contribution in [2.45, 2.75) is 25.7 Å². The highest BCUT2D eigenvalue weighted by molar-refractivity contribution is 5.89. The van der Waals surface area contributed by atoms with Gasteiger partial charge in [0.25, 0.3) is 0 Å². The summed E-state index contributed by atoms with van der Waals surface area (Å²) < 4.78 is 4.74. The van der Waals surface area contributed by atoms with E-state index in [2.05, 4.69) is 6.08 Å². The van der Waals surface area contributed by atoms with E-state index >= 15 is 0 Å². The Labute approximate surface area is 72.6 Å². The molecule has 2 rings (SSSR count). The van der Waals surface area contributed by atoms with Crippen molar-refractivity contribution in [1.29, 1.82) is 0 Å². The molecule has 2 aliphatic carbocycles. The van der Waals surface area contributed by atoms with Crippen molar-refractivity contribution >= 4 is 5.97 Å². The topological polar surface area (TPSA) is 26.3 Å². The van der Waals surface area contributed by atoms with E-state index in [9.17, 15) is 4.79 Å². The van der Waals surface area contributed by atoms with Crippen molar-refractivity contribution in [3.63, 3.8) is 0 Å². The van der Waals surface area contributed by atoms with E-state index in [1.54, 1.807) is 0 Å². The molecule has 12 heavy (non-hydrogen) atoms. The van der Waals surface area contributed by atoms with E-state index in [1.165, 1.54) is 26.4 Å². The van der Waals surface area contributed by atoms with Gasteiger partial charge in [-0.15, -0.1) is 0 Å². The third-order valence-corrected chi connectivity index (χ3v) is 3.12. The smallest absolute Gasteiger partial charge is 0.333 e. The van der Waals surface area contributed by atoms with E-state index in [0.717, 1.165) is 17.9 Å². The normalized spacial score (nSPS) is 32.9. The standard InChI is InChI=1S/C10H14O2/c1-12-10(11)9-6-5-7-3-2-4-8(7)9/h6-8H,2-5H2,1H3/t7-,8-/m1/s1. The quantitative estimate of drug-likeness (QED) is 0.556. The molecular weight excluding hydrogens is 152 g/mol. The maximum atomic E-state index is 11.3. The van der Waals surface area contributed by atoms with E-state index in [0.29, 0.717) is 5.92 Å². The average Bonchev–Trinajstić information content (AvgIpc) is 2.62. The number of methoxy groups -OCH3 is 1. The van der Waals surface area contributed by atoms with Crippen molar-refractivity contribution in [3.05, 3.63) is 11.6 Å². The van der Waals surface area contributed by atoms with E-state index in [-0.39, 0.29) is 5.97 Å². The van der Waals surface area contributed by atoms with E-state index in [4.69, 9.17) is 4.74 Å². The molecule has 0 N–H and O–H groups in total. The van der Waals surface area contributed by atoms with Crippen LogP contribution in [0.3, 0.4) is 0 Å². The number of rotatable bonds is 1. The van der Waals surface area contributed by atoms with Crippen LogP contribution in [0.4, 0.5) is 0 Å². The third kappa shape index (κ3) is 1.06. The zero-order chi connectivity index (χ0) is 8.55. The molecule has 0 amide bonds. The molecule has 0 saturated heterocycles. The molecule has 0 aromatic rings. The molecule has 66 valence electrons. The molecule has 0 spiro atoms. The van der Waals surface area contributed by atoms with Crippen molar-refractivity contribution in [1.82, 2.24) is 0 Å². The van der Waals surface area contributed by atoms with Gasteiger partial charge in [0.15, 0.2) is 0 Å². The van der Waals surface area contributed by atoms with Crippen LogP contribution in [0, 0.1) is 11.8 Å². The van der Waals surface area contributed by atoms with Crippen LogP contribution >= 0.6 is 0 Å². The predicted octanol–water partition coefficient (Wildman–Crippen LogP) is 1.91. The molecular formula is C10H14O2. The summed E-state index contributed by atoms with van der Waals surface area (Å²) in [6, 6.07) is 0. The Balaban J connectivity index is 2.12. The lowest BCUT2D eigenvalue weighted by Gasteiger charge is -2.11. The molecule has 1 saturated carbocycles. The van der Waals surface area contributed by atoms with Crippen LogP contribution in [0.5, 0.6) is 0 Å². The largest absolute Gasteiger partial charge is 0.466 e. The fraction of sp³-hybridized carbons (Fsp3) is 0.700. The van der Waals surface area contributed by atoms with Crippen LogP contribution in [0.25, 0.3) is 0 Å². The van der Waals surface area contributed by atoms with Crippen LogP contribution in [0.15, 0.2) is 11.6 Å². The third-order valence-electron chi connectivity index (χ3n) is 3.12. The van der Waals surface area contributed by atoms with E-state index in [1.807, 2.05) is 0 Å². The molecule has 0 aromatic heterocycles. The number of ether oxygens (including phenoxy) is 1. The van der Waals surface area contributed by atoms with Gasteiger partial charge >= 0.3 is 5.97 Å². The first-order valence-electron chi connectivity index (χ1n) is 4.61. The van der Waals surface area contributed by atoms with Crippen LogP contribution in [0.2, 0.25) is 0 Å². The molecule has 1 fully saturated rings. The fourth-order valence-electron chi connectivity index (χ4n) is 2.51. The Morgan fingerprint density at radius 1 is 1.58 bits per heavy atom. The van der Waals surface area contributed by atoms with Gasteiger partial charge in [-0.05, 0) is 31.1 Å². The second kappa shape index (κ2) is 2.92. The van der Waals surface area contributed by atoms with E-state index < -0.39 is 0 Å². The summed E-state index contributed by atoms with van der Waals surface area (Å²) in [4.78, 5) is 11.3. The van der Waals surface area contributed by atoms with Gasteiger partial charge in [-0.3, -0.25) is 0 Å². The minimum atomic E-state index is -0.107. The van der Waals surface area contributed by atoms with Crippen molar-refractivity contribution in [3.8, 4) is 0 Å². The lowest BCUT2D eigenvalue weighted by Crippen LogP contribution is -2.12. The van der Waals surface area contributed by atoms with Gasteiger partial charge in [0, 0.05) is 5.57 Å². The average molecular weight is 166 g/mol. The number of allylic oxidation sites excluding steroid dienone is 1. The van der Waals surface area contributed by atoms with Gasteiger partial charge < -0.3 is 4.74 Å². The molecule has 2 atom stereocenters. The fourth-order valence-corrected chi connectivity index (χ4v) is 2.51. The SMILES string of the molecule is COC(=O)C1=CC[C@H]2CCC[C@@H]12. The minimum Gasteiger partial charge on any atom is -0.466 e. The maximum absolute atomic E-state index is 11.3. The Kier molecular flexibility index (Phi) is 1.91. The lowest BCUT2D eigenvalue weighted by atomic mass is 9.95. The van der Waals surface area contributed by atoms with Gasteiger partial charge in [-0.2, -0.15) is 0 Å². The summed E-state index contributed by atoms with van der Waals surface area (Å²) in [5, 5.41) is 0. The second-order valence-corrected chi connectivity index (χ2v) is 3.68. The molecule has 0 unspecified atom stereocenters. The summed E-state index contributed by atoms with van der Waals surface area (Å²) in [6.07, 6.45) is 6.92. The minimum absolute atomic E-state index is 0.107. The Morgan fingerprint density at radius 3 is 3.17 bits per heavy atom. The molecule has 0 bridgehead atoms. The molecule has 0 aliphatic heterocycles. The molecule has 0 heterocycles. The molecule has 0 aromatic carbocycles. The lowest BCUT2D eigenvalue weighted by molar-refractivity contribution is -0.136. The van der Waals surface area contributed by atoms with Crippen LogP contribution in [-0.4, -0.2) is 13.1 Å². The van der Waals surface area contributed by atoms with Crippen LogP contribution < -0.4 is 0 Å². The number of carbonyl (C=O) groups is 1.